The molecule has 0 atom stereocenters. The van der Waals surface area contributed by atoms with Crippen LogP contribution in [-0.4, -0.2) is 39.0 Å². The zero-order chi connectivity index (χ0) is 19.9. The number of alkyl halides is 3. The molecule has 0 unspecified atom stereocenters. The van der Waals surface area contributed by atoms with E-state index in [1.54, 1.807) is 12.4 Å². The van der Waals surface area contributed by atoms with E-state index < -0.39 is 12.1 Å². The van der Waals surface area contributed by atoms with Gasteiger partial charge in [-0.3, -0.25) is 4.98 Å². The summed E-state index contributed by atoms with van der Waals surface area (Å²) in [6.07, 6.45) is -1.69. The highest BCUT2D eigenvalue weighted by molar-refractivity contribution is 5.73. The topological polar surface area (TPSA) is 98.3 Å². The summed E-state index contributed by atoms with van der Waals surface area (Å²) < 4.78 is 42.8. The van der Waals surface area contributed by atoms with Crippen molar-refractivity contribution in [3.05, 3.63) is 48.8 Å². The molecular formula is C17H14F3N3O4. The molecule has 0 spiro atoms. The quantitative estimate of drug-likeness (QED) is 0.733. The first-order chi connectivity index (χ1) is 12.8. The lowest BCUT2D eigenvalue weighted by molar-refractivity contribution is -0.192. The van der Waals surface area contributed by atoms with Crippen molar-refractivity contribution in [3.8, 4) is 28.7 Å². The van der Waals surface area contributed by atoms with Gasteiger partial charge < -0.3 is 14.3 Å². The number of aromatic nitrogens is 3. The average molecular weight is 381 g/mol. The third-order valence-electron chi connectivity index (χ3n) is 2.99. The average Bonchev–Trinajstić information content (AvgIpc) is 3.13. The molecule has 3 aromatic rings. The first-order valence-corrected chi connectivity index (χ1v) is 7.58. The largest absolute Gasteiger partial charge is 0.494 e. The minimum atomic E-state index is -5.08. The second-order valence-corrected chi connectivity index (χ2v) is 4.91. The molecule has 2 heterocycles. The maximum absolute atomic E-state index is 10.6. The highest BCUT2D eigenvalue weighted by Gasteiger charge is 2.38. The summed E-state index contributed by atoms with van der Waals surface area (Å²) in [4.78, 5) is 12.9. The van der Waals surface area contributed by atoms with Gasteiger partial charge in [-0.05, 0) is 43.3 Å². The van der Waals surface area contributed by atoms with Gasteiger partial charge in [0.1, 0.15) is 5.75 Å². The fourth-order valence-electron chi connectivity index (χ4n) is 1.81. The molecule has 0 saturated heterocycles. The molecule has 0 radical (unpaired) electrons. The van der Waals surface area contributed by atoms with Crippen LogP contribution in [0.3, 0.4) is 0 Å². The van der Waals surface area contributed by atoms with Crippen molar-refractivity contribution < 1.29 is 32.2 Å². The summed E-state index contributed by atoms with van der Waals surface area (Å²) in [5.74, 6) is -0.996. The van der Waals surface area contributed by atoms with Gasteiger partial charge in [-0.25, -0.2) is 4.79 Å². The van der Waals surface area contributed by atoms with Crippen LogP contribution in [-0.2, 0) is 4.79 Å². The Kier molecular flexibility index (Phi) is 6.47. The highest BCUT2D eigenvalue weighted by atomic mass is 19.4. The zero-order valence-electron chi connectivity index (χ0n) is 14.0. The summed E-state index contributed by atoms with van der Waals surface area (Å²) in [5.41, 5.74) is 1.66. The number of hydrogen-bond acceptors (Lipinski definition) is 6. The number of aliphatic carboxylic acids is 1. The number of pyridine rings is 1. The van der Waals surface area contributed by atoms with Crippen LogP contribution in [0.15, 0.2) is 53.2 Å². The van der Waals surface area contributed by atoms with Crippen molar-refractivity contribution in [1.29, 1.82) is 0 Å². The smallest absolute Gasteiger partial charge is 0.490 e. The Hall–Kier alpha value is -3.43. The maximum atomic E-state index is 10.6. The van der Waals surface area contributed by atoms with Crippen LogP contribution in [0, 0.1) is 0 Å². The number of benzene rings is 1. The zero-order valence-corrected chi connectivity index (χ0v) is 14.0. The molecule has 142 valence electrons. The summed E-state index contributed by atoms with van der Waals surface area (Å²) in [7, 11) is 0. The van der Waals surface area contributed by atoms with E-state index in [-0.39, 0.29) is 0 Å². The molecule has 2 aromatic heterocycles. The van der Waals surface area contributed by atoms with Crippen molar-refractivity contribution in [2.75, 3.05) is 6.61 Å². The van der Waals surface area contributed by atoms with E-state index in [0.717, 1.165) is 16.9 Å². The minimum Gasteiger partial charge on any atom is -0.494 e. The van der Waals surface area contributed by atoms with Gasteiger partial charge in [0.25, 0.3) is 0 Å². The molecule has 3 rings (SSSR count). The Morgan fingerprint density at radius 3 is 2.19 bits per heavy atom. The number of carboxylic acid groups (broad SMARTS) is 1. The van der Waals surface area contributed by atoms with E-state index in [2.05, 4.69) is 15.2 Å². The Balaban J connectivity index is 0.000000321. The molecule has 0 fully saturated rings. The predicted octanol–water partition coefficient (Wildman–Crippen LogP) is 3.83. The molecule has 1 N–H and O–H groups in total. The second kappa shape index (κ2) is 8.79. The number of ether oxygens (including phenoxy) is 1. The molecule has 0 aliphatic rings. The monoisotopic (exact) mass is 381 g/mol. The van der Waals surface area contributed by atoms with Crippen molar-refractivity contribution in [2.45, 2.75) is 13.1 Å². The summed E-state index contributed by atoms with van der Waals surface area (Å²) in [6.45, 7) is 2.59. The molecule has 0 aliphatic carbocycles. The number of rotatable bonds is 4. The highest BCUT2D eigenvalue weighted by Crippen LogP contribution is 2.24. The maximum Gasteiger partial charge on any atom is 0.490 e. The fraction of sp³-hybridized carbons (Fsp3) is 0.176. The summed E-state index contributed by atoms with van der Waals surface area (Å²) >= 11 is 0. The second-order valence-electron chi connectivity index (χ2n) is 4.91. The molecule has 1 aromatic carbocycles. The van der Waals surface area contributed by atoms with Crippen LogP contribution in [0.25, 0.3) is 22.9 Å². The van der Waals surface area contributed by atoms with Gasteiger partial charge in [0.15, 0.2) is 0 Å². The Morgan fingerprint density at radius 1 is 1.11 bits per heavy atom. The molecule has 7 nitrogen and oxygen atoms in total. The van der Waals surface area contributed by atoms with Gasteiger partial charge in [0.2, 0.25) is 11.8 Å². The van der Waals surface area contributed by atoms with Crippen molar-refractivity contribution >= 4 is 5.97 Å². The molecule has 0 bridgehead atoms. The Labute approximate surface area is 151 Å². The van der Waals surface area contributed by atoms with Crippen LogP contribution in [0.1, 0.15) is 6.92 Å². The van der Waals surface area contributed by atoms with Crippen LogP contribution in [0.4, 0.5) is 13.2 Å². The third-order valence-corrected chi connectivity index (χ3v) is 2.99. The molecular weight excluding hydrogens is 367 g/mol. The normalized spacial score (nSPS) is 10.7. The third kappa shape index (κ3) is 5.80. The van der Waals surface area contributed by atoms with E-state index in [1.807, 2.05) is 43.3 Å². The molecule has 10 heteroatoms. The number of carboxylic acids is 1. The van der Waals surface area contributed by atoms with E-state index in [1.165, 1.54) is 0 Å². The molecule has 0 aliphatic heterocycles. The van der Waals surface area contributed by atoms with Crippen LogP contribution in [0.2, 0.25) is 0 Å². The van der Waals surface area contributed by atoms with Crippen molar-refractivity contribution in [3.63, 3.8) is 0 Å². The number of halogens is 3. The molecule has 0 saturated carbocycles. The standard InChI is InChI=1S/C15H13N3O2.C2HF3O2/c1-2-19-13-7-5-11(6-8-13)14-17-18-15(20-14)12-4-3-9-16-10-12;3-2(4,5)1(6)7/h3-10H,2H2,1H3;(H,6,7). The predicted molar refractivity (Wildman–Crippen MR) is 87.8 cm³/mol. The summed E-state index contributed by atoms with van der Waals surface area (Å²) in [5, 5.41) is 15.2. The van der Waals surface area contributed by atoms with Gasteiger partial charge >= 0.3 is 12.1 Å². The van der Waals surface area contributed by atoms with Crippen LogP contribution < -0.4 is 4.74 Å². The lowest BCUT2D eigenvalue weighted by atomic mass is 10.2. The van der Waals surface area contributed by atoms with Gasteiger partial charge in [0, 0.05) is 18.0 Å². The van der Waals surface area contributed by atoms with Gasteiger partial charge in [-0.2, -0.15) is 13.2 Å². The van der Waals surface area contributed by atoms with E-state index >= 15 is 0 Å². The van der Waals surface area contributed by atoms with E-state index in [4.69, 9.17) is 19.1 Å². The lowest BCUT2D eigenvalue weighted by Crippen LogP contribution is -2.21. The molecule has 27 heavy (non-hydrogen) atoms. The van der Waals surface area contributed by atoms with Crippen LogP contribution in [0.5, 0.6) is 5.75 Å². The fourth-order valence-corrected chi connectivity index (χ4v) is 1.81. The number of nitrogens with zero attached hydrogens (tertiary/aromatic N) is 3. The van der Waals surface area contributed by atoms with Crippen molar-refractivity contribution in [2.24, 2.45) is 0 Å². The molecule has 0 amide bonds. The Bertz CT molecular complexity index is 865. The van der Waals surface area contributed by atoms with E-state index in [9.17, 15) is 13.2 Å². The van der Waals surface area contributed by atoms with Gasteiger partial charge in [-0.1, -0.05) is 0 Å². The Morgan fingerprint density at radius 2 is 1.70 bits per heavy atom. The minimum absolute atomic E-state index is 0.460. The number of hydrogen-bond donors (Lipinski definition) is 1. The number of carbonyl (C=O) groups is 1. The first kappa shape index (κ1) is 19.9. The van der Waals surface area contributed by atoms with E-state index in [0.29, 0.717) is 18.4 Å². The SMILES string of the molecule is CCOc1ccc(-c2nnc(-c3cccnc3)o2)cc1.O=C(O)C(F)(F)F. The van der Waals surface area contributed by atoms with Crippen LogP contribution >= 0.6 is 0 Å². The van der Waals surface area contributed by atoms with Gasteiger partial charge in [-0.15, -0.1) is 10.2 Å². The lowest BCUT2D eigenvalue weighted by Gasteiger charge is -2.02. The summed E-state index contributed by atoms with van der Waals surface area (Å²) in [6, 6.07) is 11.3. The van der Waals surface area contributed by atoms with Crippen molar-refractivity contribution in [1.82, 2.24) is 15.2 Å². The first-order valence-electron chi connectivity index (χ1n) is 7.58. The van der Waals surface area contributed by atoms with Gasteiger partial charge in [0.05, 0.1) is 12.2 Å².